The lowest BCUT2D eigenvalue weighted by atomic mass is 10.1. The first-order chi connectivity index (χ1) is 8.97. The van der Waals surface area contributed by atoms with Crippen molar-refractivity contribution in [1.29, 1.82) is 0 Å². The lowest BCUT2D eigenvalue weighted by Crippen LogP contribution is -2.45. The molecule has 0 heterocycles. The van der Waals surface area contributed by atoms with Crippen LogP contribution in [0.25, 0.3) is 0 Å². The molecular formula is C13H16ClN3O2. The van der Waals surface area contributed by atoms with Gasteiger partial charge in [-0.2, -0.15) is 0 Å². The first-order valence-electron chi connectivity index (χ1n) is 6.13. The largest absolute Gasteiger partial charge is 0.399 e. The third-order valence-electron chi connectivity index (χ3n) is 2.90. The molecule has 1 saturated carbocycles. The highest BCUT2D eigenvalue weighted by Gasteiger charge is 2.26. The molecule has 0 aliphatic heterocycles. The molecule has 102 valence electrons. The van der Waals surface area contributed by atoms with Gasteiger partial charge in [-0.05, 0) is 38.0 Å². The van der Waals surface area contributed by atoms with Crippen LogP contribution in [0.4, 0.5) is 5.69 Å². The summed E-state index contributed by atoms with van der Waals surface area (Å²) in [5, 5.41) is 5.74. The standard InChI is InChI=1S/C13H16ClN3O2/c1-7(12(18)17-9-3-4-9)16-13(19)10-6-8(15)2-5-11(10)14/h2,5-7,9H,3-4,15H2,1H3,(H,16,19)(H,17,18). The molecular weight excluding hydrogens is 266 g/mol. The van der Waals surface area contributed by atoms with Crippen LogP contribution in [-0.2, 0) is 4.79 Å². The number of carbonyl (C=O) groups is 2. The molecule has 0 spiro atoms. The number of carbonyl (C=O) groups excluding carboxylic acids is 2. The van der Waals surface area contributed by atoms with E-state index in [9.17, 15) is 9.59 Å². The van der Waals surface area contributed by atoms with Crippen molar-refractivity contribution in [3.05, 3.63) is 28.8 Å². The first-order valence-corrected chi connectivity index (χ1v) is 6.51. The summed E-state index contributed by atoms with van der Waals surface area (Å²) >= 11 is 5.93. The van der Waals surface area contributed by atoms with Crippen molar-refractivity contribution in [2.24, 2.45) is 0 Å². The Morgan fingerprint density at radius 1 is 1.42 bits per heavy atom. The van der Waals surface area contributed by atoms with Crippen molar-refractivity contribution in [3.8, 4) is 0 Å². The van der Waals surface area contributed by atoms with Gasteiger partial charge in [0.05, 0.1) is 10.6 Å². The third-order valence-corrected chi connectivity index (χ3v) is 3.23. The van der Waals surface area contributed by atoms with E-state index >= 15 is 0 Å². The number of nitrogen functional groups attached to an aromatic ring is 1. The van der Waals surface area contributed by atoms with E-state index < -0.39 is 11.9 Å². The summed E-state index contributed by atoms with van der Waals surface area (Å²) in [5.41, 5.74) is 6.33. The molecule has 1 aromatic carbocycles. The van der Waals surface area contributed by atoms with E-state index in [0.717, 1.165) is 12.8 Å². The summed E-state index contributed by atoms with van der Waals surface area (Å²) in [6.07, 6.45) is 2.01. The number of benzene rings is 1. The molecule has 1 fully saturated rings. The van der Waals surface area contributed by atoms with E-state index in [1.165, 1.54) is 6.07 Å². The highest BCUT2D eigenvalue weighted by atomic mass is 35.5. The molecule has 0 aromatic heterocycles. The number of rotatable bonds is 4. The lowest BCUT2D eigenvalue weighted by Gasteiger charge is -2.14. The van der Waals surface area contributed by atoms with E-state index in [4.69, 9.17) is 17.3 Å². The molecule has 1 aromatic rings. The van der Waals surface area contributed by atoms with E-state index in [0.29, 0.717) is 10.7 Å². The van der Waals surface area contributed by atoms with E-state index in [1.807, 2.05) is 0 Å². The molecule has 2 rings (SSSR count). The predicted molar refractivity (Wildman–Crippen MR) is 74.0 cm³/mol. The lowest BCUT2D eigenvalue weighted by molar-refractivity contribution is -0.122. The van der Waals surface area contributed by atoms with Crippen molar-refractivity contribution >= 4 is 29.1 Å². The number of hydrogen-bond donors (Lipinski definition) is 3. The van der Waals surface area contributed by atoms with Gasteiger partial charge >= 0.3 is 0 Å². The fourth-order valence-electron chi connectivity index (χ4n) is 1.61. The minimum absolute atomic E-state index is 0.184. The van der Waals surface area contributed by atoms with Gasteiger partial charge in [0.15, 0.2) is 0 Å². The maximum Gasteiger partial charge on any atom is 0.253 e. The number of hydrogen-bond acceptors (Lipinski definition) is 3. The van der Waals surface area contributed by atoms with Gasteiger partial charge in [0.1, 0.15) is 6.04 Å². The Labute approximate surface area is 116 Å². The molecule has 6 heteroatoms. The second-order valence-electron chi connectivity index (χ2n) is 4.72. The maximum absolute atomic E-state index is 12.0. The van der Waals surface area contributed by atoms with Crippen molar-refractivity contribution in [2.45, 2.75) is 31.8 Å². The van der Waals surface area contributed by atoms with Crippen LogP contribution in [-0.4, -0.2) is 23.9 Å². The van der Waals surface area contributed by atoms with Crippen molar-refractivity contribution in [2.75, 3.05) is 5.73 Å². The Balaban J connectivity index is 1.99. The number of nitrogens with one attached hydrogen (secondary N) is 2. The van der Waals surface area contributed by atoms with Gasteiger partial charge in [0.25, 0.3) is 5.91 Å². The molecule has 1 aliphatic rings. The molecule has 2 amide bonds. The van der Waals surface area contributed by atoms with Crippen LogP contribution in [0.15, 0.2) is 18.2 Å². The van der Waals surface area contributed by atoms with E-state index in [1.54, 1.807) is 19.1 Å². The number of amides is 2. The summed E-state index contributed by atoms with van der Waals surface area (Å²) in [7, 11) is 0. The predicted octanol–water partition coefficient (Wildman–Crippen LogP) is 1.32. The topological polar surface area (TPSA) is 84.2 Å². The van der Waals surface area contributed by atoms with Crippen LogP contribution in [0, 0.1) is 0 Å². The number of anilines is 1. The van der Waals surface area contributed by atoms with Crippen molar-refractivity contribution in [1.82, 2.24) is 10.6 Å². The molecule has 1 atom stereocenters. The Morgan fingerprint density at radius 3 is 2.74 bits per heavy atom. The minimum Gasteiger partial charge on any atom is -0.399 e. The monoisotopic (exact) mass is 281 g/mol. The zero-order valence-electron chi connectivity index (χ0n) is 10.6. The summed E-state index contributed by atoms with van der Waals surface area (Å²) < 4.78 is 0. The van der Waals surface area contributed by atoms with Gasteiger partial charge in [-0.3, -0.25) is 9.59 Å². The smallest absolute Gasteiger partial charge is 0.253 e. The molecule has 1 unspecified atom stereocenters. The third kappa shape index (κ3) is 3.61. The first kappa shape index (κ1) is 13.7. The average molecular weight is 282 g/mol. The van der Waals surface area contributed by atoms with Gasteiger partial charge in [-0.15, -0.1) is 0 Å². The van der Waals surface area contributed by atoms with Crippen LogP contribution in [0.2, 0.25) is 5.02 Å². The van der Waals surface area contributed by atoms with Crippen molar-refractivity contribution in [3.63, 3.8) is 0 Å². The fourth-order valence-corrected chi connectivity index (χ4v) is 1.81. The molecule has 0 radical (unpaired) electrons. The maximum atomic E-state index is 12.0. The zero-order valence-corrected chi connectivity index (χ0v) is 11.3. The fraction of sp³-hybridized carbons (Fsp3) is 0.385. The van der Waals surface area contributed by atoms with Crippen LogP contribution in [0.3, 0.4) is 0 Å². The van der Waals surface area contributed by atoms with Gasteiger partial charge in [0, 0.05) is 11.7 Å². The van der Waals surface area contributed by atoms with Gasteiger partial charge < -0.3 is 16.4 Å². The Bertz CT molecular complexity index is 515. The van der Waals surface area contributed by atoms with Crippen LogP contribution in [0.5, 0.6) is 0 Å². The second kappa shape index (κ2) is 5.48. The molecule has 0 bridgehead atoms. The normalized spacial score (nSPS) is 15.7. The van der Waals surface area contributed by atoms with Crippen LogP contribution in [0.1, 0.15) is 30.1 Å². The van der Waals surface area contributed by atoms with Gasteiger partial charge in [0.2, 0.25) is 5.91 Å². The Kier molecular flexibility index (Phi) is 3.95. The SMILES string of the molecule is CC(NC(=O)c1cc(N)ccc1Cl)C(=O)NC1CC1. The molecule has 5 nitrogen and oxygen atoms in total. The minimum atomic E-state index is -0.606. The van der Waals surface area contributed by atoms with Crippen LogP contribution >= 0.6 is 11.6 Å². The second-order valence-corrected chi connectivity index (χ2v) is 5.12. The highest BCUT2D eigenvalue weighted by molar-refractivity contribution is 6.34. The highest BCUT2D eigenvalue weighted by Crippen LogP contribution is 2.20. The number of nitrogens with two attached hydrogens (primary N) is 1. The summed E-state index contributed by atoms with van der Waals surface area (Å²) in [4.78, 5) is 23.7. The van der Waals surface area contributed by atoms with Gasteiger partial charge in [-0.25, -0.2) is 0 Å². The average Bonchev–Trinajstić information content (AvgIpc) is 3.15. The summed E-state index contributed by atoms with van der Waals surface area (Å²) in [6, 6.07) is 4.32. The molecule has 0 saturated heterocycles. The van der Waals surface area contributed by atoms with E-state index in [2.05, 4.69) is 10.6 Å². The van der Waals surface area contributed by atoms with Crippen molar-refractivity contribution < 1.29 is 9.59 Å². The van der Waals surface area contributed by atoms with Gasteiger partial charge in [-0.1, -0.05) is 11.6 Å². The quantitative estimate of drug-likeness (QED) is 0.728. The molecule has 4 N–H and O–H groups in total. The summed E-state index contributed by atoms with van der Waals surface area (Å²) in [5.74, 6) is -0.591. The number of halogens is 1. The zero-order chi connectivity index (χ0) is 14.0. The van der Waals surface area contributed by atoms with Crippen LogP contribution < -0.4 is 16.4 Å². The summed E-state index contributed by atoms with van der Waals surface area (Å²) in [6.45, 7) is 1.63. The molecule has 19 heavy (non-hydrogen) atoms. The molecule has 1 aliphatic carbocycles. The Hall–Kier alpha value is -1.75. The Morgan fingerprint density at radius 2 is 2.11 bits per heavy atom. The van der Waals surface area contributed by atoms with E-state index in [-0.39, 0.29) is 17.5 Å².